The van der Waals surface area contributed by atoms with Crippen molar-refractivity contribution >= 4 is 5.97 Å². The van der Waals surface area contributed by atoms with E-state index in [1.54, 1.807) is 31.2 Å². The fourth-order valence-corrected chi connectivity index (χ4v) is 2.36. The standard InChI is InChI=1S/C22H24N2O5/c1-15(20-23-21(24-29-20)22(2,3)4)27-19(25)14-26-16-10-12-18(13-11-16)28-17-8-6-5-7-9-17/h5-13,15H,14H2,1-4H3. The number of hydrogen-bond acceptors (Lipinski definition) is 7. The Morgan fingerprint density at radius 3 is 2.24 bits per heavy atom. The second kappa shape index (κ2) is 8.77. The van der Waals surface area contributed by atoms with Gasteiger partial charge < -0.3 is 18.7 Å². The third-order valence-corrected chi connectivity index (χ3v) is 3.93. The van der Waals surface area contributed by atoms with Gasteiger partial charge in [-0.25, -0.2) is 4.79 Å². The summed E-state index contributed by atoms with van der Waals surface area (Å²) < 4.78 is 21.7. The molecule has 0 amide bonds. The second-order valence-electron chi connectivity index (χ2n) is 7.51. The largest absolute Gasteiger partial charge is 0.482 e. The third-order valence-electron chi connectivity index (χ3n) is 3.93. The van der Waals surface area contributed by atoms with Crippen molar-refractivity contribution in [2.45, 2.75) is 39.2 Å². The van der Waals surface area contributed by atoms with Gasteiger partial charge in [-0.1, -0.05) is 44.1 Å². The fraction of sp³-hybridized carbons (Fsp3) is 0.318. The summed E-state index contributed by atoms with van der Waals surface area (Å²) >= 11 is 0. The lowest BCUT2D eigenvalue weighted by Crippen LogP contribution is -2.17. The Morgan fingerprint density at radius 2 is 1.62 bits per heavy atom. The topological polar surface area (TPSA) is 83.7 Å². The number of hydrogen-bond donors (Lipinski definition) is 0. The monoisotopic (exact) mass is 396 g/mol. The van der Waals surface area contributed by atoms with E-state index >= 15 is 0 Å². The first kappa shape index (κ1) is 20.4. The maximum absolute atomic E-state index is 12.1. The predicted octanol–water partition coefficient (Wildman–Crippen LogP) is 4.84. The van der Waals surface area contributed by atoms with Gasteiger partial charge in [0.05, 0.1) is 0 Å². The van der Waals surface area contributed by atoms with E-state index in [2.05, 4.69) is 10.1 Å². The van der Waals surface area contributed by atoms with Crippen molar-refractivity contribution in [1.82, 2.24) is 10.1 Å². The molecule has 0 fully saturated rings. The Bertz CT molecular complexity index is 930. The van der Waals surface area contributed by atoms with Crippen LogP contribution in [-0.2, 0) is 14.9 Å². The summed E-state index contributed by atoms with van der Waals surface area (Å²) in [5.74, 6) is 2.23. The van der Waals surface area contributed by atoms with Gasteiger partial charge in [-0.15, -0.1) is 0 Å². The summed E-state index contributed by atoms with van der Waals surface area (Å²) in [6.07, 6.45) is -0.656. The van der Waals surface area contributed by atoms with Gasteiger partial charge in [0.15, 0.2) is 18.5 Å². The Kier molecular flexibility index (Phi) is 6.16. The number of carbonyl (C=O) groups is 1. The number of benzene rings is 2. The summed E-state index contributed by atoms with van der Waals surface area (Å²) in [7, 11) is 0. The average Bonchev–Trinajstić information content (AvgIpc) is 3.19. The average molecular weight is 396 g/mol. The van der Waals surface area contributed by atoms with Gasteiger partial charge >= 0.3 is 5.97 Å². The van der Waals surface area contributed by atoms with Gasteiger partial charge in [-0.05, 0) is 43.3 Å². The summed E-state index contributed by atoms with van der Waals surface area (Å²) in [5, 5.41) is 3.93. The molecule has 29 heavy (non-hydrogen) atoms. The van der Waals surface area contributed by atoms with E-state index in [9.17, 15) is 4.79 Å². The predicted molar refractivity (Wildman–Crippen MR) is 106 cm³/mol. The number of ether oxygens (including phenoxy) is 3. The molecule has 1 atom stereocenters. The molecule has 0 N–H and O–H groups in total. The minimum Gasteiger partial charge on any atom is -0.482 e. The number of esters is 1. The lowest BCUT2D eigenvalue weighted by atomic mass is 9.96. The Hall–Kier alpha value is -3.35. The molecule has 0 bridgehead atoms. The first-order valence-electron chi connectivity index (χ1n) is 9.30. The number of nitrogens with zero attached hydrogens (tertiary/aromatic N) is 2. The summed E-state index contributed by atoms with van der Waals surface area (Å²) in [6, 6.07) is 16.4. The van der Waals surface area contributed by atoms with E-state index < -0.39 is 12.1 Å². The van der Waals surface area contributed by atoms with Crippen molar-refractivity contribution < 1.29 is 23.5 Å². The normalized spacial score (nSPS) is 12.3. The van der Waals surface area contributed by atoms with Gasteiger partial charge in [-0.2, -0.15) is 4.98 Å². The van der Waals surface area contributed by atoms with E-state index in [4.69, 9.17) is 18.7 Å². The molecule has 0 aliphatic rings. The first-order valence-corrected chi connectivity index (χ1v) is 9.30. The summed E-state index contributed by atoms with van der Waals surface area (Å²) in [6.45, 7) is 7.37. The zero-order valence-electron chi connectivity index (χ0n) is 16.9. The molecule has 2 aromatic carbocycles. The van der Waals surface area contributed by atoms with Gasteiger partial charge in [0, 0.05) is 5.41 Å². The summed E-state index contributed by atoms with van der Waals surface area (Å²) in [5.41, 5.74) is -0.245. The summed E-state index contributed by atoms with van der Waals surface area (Å²) in [4.78, 5) is 16.3. The molecule has 1 unspecified atom stereocenters. The van der Waals surface area contributed by atoms with Crippen molar-refractivity contribution in [2.24, 2.45) is 0 Å². The van der Waals surface area contributed by atoms with E-state index in [1.165, 1.54) is 0 Å². The highest BCUT2D eigenvalue weighted by Crippen LogP contribution is 2.24. The van der Waals surface area contributed by atoms with E-state index in [0.29, 0.717) is 17.3 Å². The third kappa shape index (κ3) is 5.81. The minimum absolute atomic E-state index is 0.233. The SMILES string of the molecule is CC(OC(=O)COc1ccc(Oc2ccccc2)cc1)c1nc(C(C)(C)C)no1. The molecular weight excluding hydrogens is 372 g/mol. The van der Waals surface area contributed by atoms with Crippen LogP contribution in [0.15, 0.2) is 59.1 Å². The molecule has 3 aromatic rings. The lowest BCUT2D eigenvalue weighted by Gasteiger charge is -2.12. The van der Waals surface area contributed by atoms with Crippen LogP contribution in [-0.4, -0.2) is 22.7 Å². The zero-order valence-corrected chi connectivity index (χ0v) is 16.9. The molecule has 0 spiro atoms. The minimum atomic E-state index is -0.656. The molecule has 1 heterocycles. The van der Waals surface area contributed by atoms with Gasteiger partial charge in [0.1, 0.15) is 17.2 Å². The fourth-order valence-electron chi connectivity index (χ4n) is 2.36. The highest BCUT2D eigenvalue weighted by molar-refractivity contribution is 5.71. The number of para-hydroxylation sites is 1. The van der Waals surface area contributed by atoms with Crippen LogP contribution in [0.2, 0.25) is 0 Å². The highest BCUT2D eigenvalue weighted by atomic mass is 16.6. The van der Waals surface area contributed by atoms with Crippen LogP contribution in [0, 0.1) is 0 Å². The number of rotatable bonds is 7. The van der Waals surface area contributed by atoms with Gasteiger partial charge in [0.2, 0.25) is 0 Å². The first-order chi connectivity index (χ1) is 13.8. The molecule has 7 heteroatoms. The smallest absolute Gasteiger partial charge is 0.344 e. The van der Waals surface area contributed by atoms with Crippen molar-refractivity contribution in [3.63, 3.8) is 0 Å². The Balaban J connectivity index is 1.48. The van der Waals surface area contributed by atoms with Crippen molar-refractivity contribution in [2.75, 3.05) is 6.61 Å². The molecule has 7 nitrogen and oxygen atoms in total. The molecule has 0 aliphatic carbocycles. The Labute approximate surface area is 169 Å². The van der Waals surface area contributed by atoms with Crippen LogP contribution in [0.3, 0.4) is 0 Å². The molecule has 1 aromatic heterocycles. The van der Waals surface area contributed by atoms with Crippen LogP contribution in [0.25, 0.3) is 0 Å². The number of carbonyl (C=O) groups excluding carboxylic acids is 1. The maximum atomic E-state index is 12.1. The highest BCUT2D eigenvalue weighted by Gasteiger charge is 2.24. The lowest BCUT2D eigenvalue weighted by molar-refractivity contribution is -0.152. The van der Waals surface area contributed by atoms with Crippen molar-refractivity contribution in [3.8, 4) is 17.2 Å². The van der Waals surface area contributed by atoms with Crippen LogP contribution in [0.5, 0.6) is 17.2 Å². The number of aromatic nitrogens is 2. The van der Waals surface area contributed by atoms with Gasteiger partial charge in [0.25, 0.3) is 5.89 Å². The second-order valence-corrected chi connectivity index (χ2v) is 7.51. The van der Waals surface area contributed by atoms with E-state index in [1.807, 2.05) is 51.1 Å². The molecule has 152 valence electrons. The van der Waals surface area contributed by atoms with Gasteiger partial charge in [-0.3, -0.25) is 0 Å². The van der Waals surface area contributed by atoms with Crippen molar-refractivity contribution in [1.29, 1.82) is 0 Å². The van der Waals surface area contributed by atoms with Crippen LogP contribution in [0.1, 0.15) is 45.5 Å². The van der Waals surface area contributed by atoms with Crippen LogP contribution >= 0.6 is 0 Å². The maximum Gasteiger partial charge on any atom is 0.344 e. The molecule has 3 rings (SSSR count). The van der Waals surface area contributed by atoms with E-state index in [-0.39, 0.29) is 17.9 Å². The molecular formula is C22H24N2O5. The zero-order chi connectivity index (χ0) is 20.9. The van der Waals surface area contributed by atoms with Crippen molar-refractivity contribution in [3.05, 3.63) is 66.3 Å². The van der Waals surface area contributed by atoms with E-state index in [0.717, 1.165) is 5.75 Å². The quantitative estimate of drug-likeness (QED) is 0.528. The molecule has 0 aliphatic heterocycles. The molecule has 0 saturated carbocycles. The Morgan fingerprint density at radius 1 is 1.00 bits per heavy atom. The molecule has 0 radical (unpaired) electrons. The van der Waals surface area contributed by atoms with Crippen LogP contribution < -0.4 is 9.47 Å². The molecule has 0 saturated heterocycles. The van der Waals surface area contributed by atoms with Crippen LogP contribution in [0.4, 0.5) is 0 Å².